The average Bonchev–Trinajstić information content (AvgIpc) is 3.09. The van der Waals surface area contributed by atoms with Crippen LogP contribution in [0.1, 0.15) is 12.8 Å². The minimum atomic E-state index is -0.301. The third-order valence-corrected chi connectivity index (χ3v) is 4.52. The number of amides is 1. The van der Waals surface area contributed by atoms with Gasteiger partial charge in [0.25, 0.3) is 5.91 Å². The van der Waals surface area contributed by atoms with E-state index in [0.29, 0.717) is 43.6 Å². The second-order valence-corrected chi connectivity index (χ2v) is 6.14. The molecule has 1 N–H and O–H groups in total. The van der Waals surface area contributed by atoms with E-state index < -0.39 is 0 Å². The number of ether oxygens (including phenoxy) is 1. The van der Waals surface area contributed by atoms with Crippen molar-refractivity contribution in [2.75, 3.05) is 38.1 Å². The highest BCUT2D eigenvalue weighted by Crippen LogP contribution is 2.16. The molecule has 23 heavy (non-hydrogen) atoms. The lowest BCUT2D eigenvalue weighted by molar-refractivity contribution is -0.142. The smallest absolute Gasteiger partial charge is 0.251 e. The van der Waals surface area contributed by atoms with Crippen LogP contribution in [0.15, 0.2) is 24.3 Å². The summed E-state index contributed by atoms with van der Waals surface area (Å²) < 4.78 is 18.6. The van der Waals surface area contributed by atoms with Crippen LogP contribution >= 0.6 is 12.2 Å². The zero-order valence-corrected chi connectivity index (χ0v) is 13.7. The van der Waals surface area contributed by atoms with Crippen LogP contribution in [0.2, 0.25) is 0 Å². The summed E-state index contributed by atoms with van der Waals surface area (Å²) in [5, 5.41) is 3.60. The summed E-state index contributed by atoms with van der Waals surface area (Å²) in [4.78, 5) is 16.1. The molecule has 1 atom stereocenters. The lowest BCUT2D eigenvalue weighted by Gasteiger charge is -2.37. The van der Waals surface area contributed by atoms with Crippen molar-refractivity contribution in [3.63, 3.8) is 0 Å². The summed E-state index contributed by atoms with van der Waals surface area (Å²) in [7, 11) is 0. The molecule has 0 saturated carbocycles. The first kappa shape index (κ1) is 16.1. The molecule has 2 heterocycles. The van der Waals surface area contributed by atoms with E-state index in [1.807, 2.05) is 9.80 Å². The Bertz CT molecular complexity index is 584. The summed E-state index contributed by atoms with van der Waals surface area (Å²) in [5.74, 6) is -0.212. The van der Waals surface area contributed by atoms with Crippen molar-refractivity contribution in [1.82, 2.24) is 9.80 Å². The first-order chi connectivity index (χ1) is 11.1. The molecule has 2 saturated heterocycles. The highest BCUT2D eigenvalue weighted by Gasteiger charge is 2.30. The summed E-state index contributed by atoms with van der Waals surface area (Å²) in [5.41, 5.74) is 0.632. The van der Waals surface area contributed by atoms with Crippen molar-refractivity contribution in [2.24, 2.45) is 0 Å². The number of benzene rings is 1. The van der Waals surface area contributed by atoms with Gasteiger partial charge in [0.05, 0.1) is 0 Å². The van der Waals surface area contributed by atoms with E-state index in [-0.39, 0.29) is 17.8 Å². The molecule has 5 nitrogen and oxygen atoms in total. The maximum atomic E-state index is 13.2. The molecular formula is C16H20FN3O2S. The number of halogens is 1. The number of nitrogens with zero attached hydrogens (tertiary/aromatic N) is 2. The highest BCUT2D eigenvalue weighted by atomic mass is 32.1. The van der Waals surface area contributed by atoms with Gasteiger partial charge in [-0.15, -0.1) is 0 Å². The molecule has 0 spiro atoms. The molecular weight excluding hydrogens is 317 g/mol. The number of anilines is 1. The second-order valence-electron chi connectivity index (χ2n) is 5.75. The van der Waals surface area contributed by atoms with Crippen molar-refractivity contribution in [3.8, 4) is 0 Å². The zero-order valence-electron chi connectivity index (χ0n) is 12.8. The van der Waals surface area contributed by atoms with Crippen molar-refractivity contribution >= 4 is 28.9 Å². The molecule has 0 aliphatic carbocycles. The normalized spacial score (nSPS) is 21.3. The van der Waals surface area contributed by atoms with Gasteiger partial charge < -0.3 is 19.9 Å². The van der Waals surface area contributed by atoms with E-state index >= 15 is 0 Å². The van der Waals surface area contributed by atoms with Gasteiger partial charge in [0, 0.05) is 38.5 Å². The molecule has 0 unspecified atom stereocenters. The molecule has 0 bridgehead atoms. The van der Waals surface area contributed by atoms with E-state index in [2.05, 4.69) is 5.32 Å². The average molecular weight is 337 g/mol. The molecule has 2 aliphatic rings. The summed E-state index contributed by atoms with van der Waals surface area (Å²) in [6.07, 6.45) is 1.51. The molecule has 2 fully saturated rings. The fourth-order valence-electron chi connectivity index (χ4n) is 2.87. The topological polar surface area (TPSA) is 44.8 Å². The molecule has 0 aromatic heterocycles. The summed E-state index contributed by atoms with van der Waals surface area (Å²) >= 11 is 5.38. The number of hydrogen-bond acceptors (Lipinski definition) is 3. The third-order valence-electron chi connectivity index (χ3n) is 4.16. The Kier molecular flexibility index (Phi) is 5.07. The Hall–Kier alpha value is -1.73. The Labute approximate surface area is 140 Å². The number of carbonyl (C=O) groups is 1. The lowest BCUT2D eigenvalue weighted by atomic mass is 10.2. The molecule has 1 amide bonds. The van der Waals surface area contributed by atoms with Gasteiger partial charge in [0.1, 0.15) is 11.9 Å². The van der Waals surface area contributed by atoms with Crippen LogP contribution in [0.5, 0.6) is 0 Å². The zero-order chi connectivity index (χ0) is 16.2. The van der Waals surface area contributed by atoms with Crippen molar-refractivity contribution in [2.45, 2.75) is 18.9 Å². The molecule has 0 radical (unpaired) electrons. The Morgan fingerprint density at radius 3 is 2.65 bits per heavy atom. The summed E-state index contributed by atoms with van der Waals surface area (Å²) in [6.45, 7) is 3.27. The maximum Gasteiger partial charge on any atom is 0.251 e. The Morgan fingerprint density at radius 1 is 1.26 bits per heavy atom. The van der Waals surface area contributed by atoms with Crippen molar-refractivity contribution < 1.29 is 13.9 Å². The second kappa shape index (κ2) is 7.23. The molecule has 7 heteroatoms. The van der Waals surface area contributed by atoms with Gasteiger partial charge in [0.2, 0.25) is 0 Å². The van der Waals surface area contributed by atoms with Crippen LogP contribution < -0.4 is 5.32 Å². The van der Waals surface area contributed by atoms with Gasteiger partial charge in [0.15, 0.2) is 5.11 Å². The van der Waals surface area contributed by atoms with Crippen LogP contribution in [-0.2, 0) is 9.53 Å². The van der Waals surface area contributed by atoms with Crippen molar-refractivity contribution in [3.05, 3.63) is 30.1 Å². The molecule has 1 aromatic rings. The van der Waals surface area contributed by atoms with E-state index in [9.17, 15) is 9.18 Å². The number of thiocarbonyl (C=S) groups is 1. The van der Waals surface area contributed by atoms with E-state index in [1.165, 1.54) is 12.1 Å². The lowest BCUT2D eigenvalue weighted by Crippen LogP contribution is -2.53. The van der Waals surface area contributed by atoms with Gasteiger partial charge in [-0.25, -0.2) is 4.39 Å². The highest BCUT2D eigenvalue weighted by molar-refractivity contribution is 7.80. The quantitative estimate of drug-likeness (QED) is 0.835. The number of nitrogens with one attached hydrogen (secondary N) is 1. The van der Waals surface area contributed by atoms with E-state index in [1.54, 1.807) is 12.1 Å². The largest absolute Gasteiger partial charge is 0.368 e. The number of carbonyl (C=O) groups excluding carboxylic acids is 1. The fraction of sp³-hybridized carbons (Fsp3) is 0.500. The van der Waals surface area contributed by atoms with Gasteiger partial charge in [-0.05, 0) is 43.3 Å². The Balaban J connectivity index is 1.50. The first-order valence-electron chi connectivity index (χ1n) is 7.85. The monoisotopic (exact) mass is 337 g/mol. The SMILES string of the molecule is O=C([C@@H]1CCCO1)N1CCN(C(=S)Nc2cccc(F)c2)CC1. The first-order valence-corrected chi connectivity index (χ1v) is 8.26. The predicted octanol–water partition coefficient (Wildman–Crippen LogP) is 1.85. The van der Waals surface area contributed by atoms with Gasteiger partial charge in [-0.2, -0.15) is 0 Å². The number of hydrogen-bond donors (Lipinski definition) is 1. The van der Waals surface area contributed by atoms with Crippen LogP contribution in [-0.4, -0.2) is 59.7 Å². The standard InChI is InChI=1S/C16H20FN3O2S/c17-12-3-1-4-13(11-12)18-16(23)20-8-6-19(7-9-20)15(21)14-5-2-10-22-14/h1,3-4,11,14H,2,5-10H2,(H,18,23)/t14-/m0/s1. The molecule has 3 rings (SSSR count). The predicted molar refractivity (Wildman–Crippen MR) is 89.7 cm³/mol. The molecule has 1 aromatic carbocycles. The number of piperazine rings is 1. The van der Waals surface area contributed by atoms with Crippen LogP contribution in [0.25, 0.3) is 0 Å². The van der Waals surface area contributed by atoms with E-state index in [0.717, 1.165) is 12.8 Å². The number of rotatable bonds is 2. The molecule has 124 valence electrons. The fourth-order valence-corrected chi connectivity index (χ4v) is 3.18. The van der Waals surface area contributed by atoms with Gasteiger partial charge in [-0.3, -0.25) is 4.79 Å². The van der Waals surface area contributed by atoms with Crippen LogP contribution in [0.4, 0.5) is 10.1 Å². The van der Waals surface area contributed by atoms with Gasteiger partial charge >= 0.3 is 0 Å². The molecule has 2 aliphatic heterocycles. The Morgan fingerprint density at radius 2 is 2.00 bits per heavy atom. The third kappa shape index (κ3) is 3.97. The minimum absolute atomic E-state index is 0.0890. The van der Waals surface area contributed by atoms with Crippen LogP contribution in [0.3, 0.4) is 0 Å². The van der Waals surface area contributed by atoms with Crippen molar-refractivity contribution in [1.29, 1.82) is 0 Å². The minimum Gasteiger partial charge on any atom is -0.368 e. The maximum absolute atomic E-state index is 13.2. The van der Waals surface area contributed by atoms with Crippen LogP contribution in [0, 0.1) is 5.82 Å². The summed E-state index contributed by atoms with van der Waals surface area (Å²) in [6, 6.07) is 6.21. The van der Waals surface area contributed by atoms with Gasteiger partial charge in [-0.1, -0.05) is 6.07 Å². The van der Waals surface area contributed by atoms with E-state index in [4.69, 9.17) is 17.0 Å².